The first-order chi connectivity index (χ1) is 25.5. The molecule has 5 aromatic rings. The lowest BCUT2D eigenvalue weighted by Crippen LogP contribution is -2.27. The van der Waals surface area contributed by atoms with Crippen molar-refractivity contribution in [1.82, 2.24) is 0 Å². The van der Waals surface area contributed by atoms with Crippen molar-refractivity contribution in [2.45, 2.75) is 103 Å². The molecule has 0 fully saturated rings. The maximum atomic E-state index is 2.65. The first kappa shape index (κ1) is 35.8. The fraction of sp³-hybridized carbons (Fsp3) is 0.333. The molecule has 0 atom stereocenters. The zero-order chi connectivity index (χ0) is 35.9. The number of anilines is 2. The smallest absolute Gasteiger partial charge is 0.0408 e. The predicted molar refractivity (Wildman–Crippen MR) is 226 cm³/mol. The van der Waals surface area contributed by atoms with Gasteiger partial charge in [-0.1, -0.05) is 168 Å². The molecule has 266 valence electrons. The van der Waals surface area contributed by atoms with Gasteiger partial charge in [-0.05, 0) is 119 Å². The fourth-order valence-corrected chi connectivity index (χ4v) is 8.86. The third kappa shape index (κ3) is 7.47. The van der Waals surface area contributed by atoms with Crippen molar-refractivity contribution in [3.63, 3.8) is 0 Å². The molecular formula is C51H57N. The zero-order valence-electron chi connectivity index (χ0n) is 32.1. The first-order valence-electron chi connectivity index (χ1n) is 20.2. The summed E-state index contributed by atoms with van der Waals surface area (Å²) in [6, 6.07) is 45.5. The summed E-state index contributed by atoms with van der Waals surface area (Å²) in [7, 11) is 2.17. The molecule has 0 bridgehead atoms. The van der Waals surface area contributed by atoms with E-state index in [0.29, 0.717) is 0 Å². The molecule has 0 spiro atoms. The van der Waals surface area contributed by atoms with E-state index < -0.39 is 0 Å². The Hall–Kier alpha value is -4.62. The molecule has 7 rings (SSSR count). The highest BCUT2D eigenvalue weighted by molar-refractivity contribution is 5.90. The van der Waals surface area contributed by atoms with Gasteiger partial charge in [0.25, 0.3) is 0 Å². The highest BCUT2D eigenvalue weighted by Gasteiger charge is 2.44. The van der Waals surface area contributed by atoms with Crippen LogP contribution in [0.4, 0.5) is 11.4 Å². The first-order valence-corrected chi connectivity index (χ1v) is 20.2. The molecule has 0 amide bonds. The van der Waals surface area contributed by atoms with Gasteiger partial charge in [0.15, 0.2) is 0 Å². The van der Waals surface area contributed by atoms with E-state index in [2.05, 4.69) is 160 Å². The Morgan fingerprint density at radius 1 is 0.538 bits per heavy atom. The van der Waals surface area contributed by atoms with Gasteiger partial charge in [-0.3, -0.25) is 0 Å². The van der Waals surface area contributed by atoms with Crippen LogP contribution in [0.5, 0.6) is 0 Å². The monoisotopic (exact) mass is 683 g/mol. The molecule has 2 aliphatic rings. The van der Waals surface area contributed by atoms with Crippen LogP contribution in [0.25, 0.3) is 33.4 Å². The quantitative estimate of drug-likeness (QED) is 0.0993. The van der Waals surface area contributed by atoms with Crippen LogP contribution in [-0.2, 0) is 5.41 Å². The summed E-state index contributed by atoms with van der Waals surface area (Å²) in [6.07, 6.45) is 17.9. The topological polar surface area (TPSA) is 3.24 Å². The molecule has 0 radical (unpaired) electrons. The highest BCUT2D eigenvalue weighted by atomic mass is 15.1. The van der Waals surface area contributed by atoms with Crippen LogP contribution >= 0.6 is 0 Å². The summed E-state index contributed by atoms with van der Waals surface area (Å²) < 4.78 is 0. The third-order valence-electron chi connectivity index (χ3n) is 12.0. The molecule has 0 saturated heterocycles. The van der Waals surface area contributed by atoms with Crippen LogP contribution in [0, 0.1) is 6.92 Å². The van der Waals surface area contributed by atoms with E-state index in [1.807, 2.05) is 0 Å². The van der Waals surface area contributed by atoms with Crippen LogP contribution in [-0.4, -0.2) is 7.05 Å². The number of unbranched alkanes of at least 4 members (excludes halogenated alkanes) is 6. The van der Waals surface area contributed by atoms with Gasteiger partial charge < -0.3 is 4.90 Å². The Bertz CT molecular complexity index is 1980. The number of hydrogen-bond donors (Lipinski definition) is 0. The molecule has 0 saturated carbocycles. The number of hydrogen-bond acceptors (Lipinski definition) is 1. The van der Waals surface area contributed by atoms with E-state index in [1.165, 1.54) is 120 Å². The zero-order valence-corrected chi connectivity index (χ0v) is 32.1. The minimum atomic E-state index is 0.0879. The summed E-state index contributed by atoms with van der Waals surface area (Å²) in [5, 5.41) is 0. The number of aryl methyl sites for hydroxylation is 1. The van der Waals surface area contributed by atoms with Gasteiger partial charge >= 0.3 is 0 Å². The van der Waals surface area contributed by atoms with Crippen molar-refractivity contribution in [3.8, 4) is 22.3 Å². The van der Waals surface area contributed by atoms with E-state index in [1.54, 1.807) is 16.7 Å². The second kappa shape index (κ2) is 16.4. The van der Waals surface area contributed by atoms with E-state index in [0.717, 1.165) is 12.8 Å². The van der Waals surface area contributed by atoms with Crippen molar-refractivity contribution in [2.24, 2.45) is 0 Å². The number of allylic oxidation sites excluding steroid dienone is 4. The molecule has 0 heterocycles. The number of nitrogens with zero attached hydrogens (tertiary/aromatic N) is 1. The molecular weight excluding hydrogens is 627 g/mol. The van der Waals surface area contributed by atoms with Crippen molar-refractivity contribution >= 4 is 22.5 Å². The molecule has 2 aliphatic carbocycles. The maximum absolute atomic E-state index is 2.65. The van der Waals surface area contributed by atoms with Gasteiger partial charge in [0.05, 0.1) is 0 Å². The number of benzene rings is 5. The Morgan fingerprint density at radius 3 is 1.67 bits per heavy atom. The molecule has 1 nitrogen and oxygen atoms in total. The lowest BCUT2D eigenvalue weighted by Gasteiger charge is -2.35. The van der Waals surface area contributed by atoms with E-state index >= 15 is 0 Å². The number of fused-ring (bicyclic) bond motifs is 2. The lowest BCUT2D eigenvalue weighted by molar-refractivity contribution is 0.398. The summed E-state index contributed by atoms with van der Waals surface area (Å²) in [4.78, 5) is 2.29. The van der Waals surface area contributed by atoms with Crippen LogP contribution in [0.2, 0.25) is 0 Å². The molecule has 0 unspecified atom stereocenters. The van der Waals surface area contributed by atoms with Crippen molar-refractivity contribution in [1.29, 1.82) is 0 Å². The lowest BCUT2D eigenvalue weighted by atomic mass is 9.68. The standard InChI is InChI=1S/C51H57N/c1-5-7-9-14-34-51(35-15-10-8-6-2)49-36-43(41-20-18-38(3)19-21-41)26-32-47(49)48-33-27-44(37-50(48)51)42-24-30-46(31-25-42)52(4)45-28-22-40(23-29-45)39-16-12-11-13-17-39/h11-13,16-25,27-31,33,36-37H,5-10,14-15,26,32,34-35H2,1-4H3. The van der Waals surface area contributed by atoms with Crippen LogP contribution in [0.15, 0.2) is 133 Å². The second-order valence-corrected chi connectivity index (χ2v) is 15.4. The Balaban J connectivity index is 1.21. The van der Waals surface area contributed by atoms with Crippen LogP contribution in [0.3, 0.4) is 0 Å². The molecule has 0 aromatic heterocycles. The summed E-state index contributed by atoms with van der Waals surface area (Å²) in [5.74, 6) is 0. The molecule has 1 heteroatoms. The summed E-state index contributed by atoms with van der Waals surface area (Å²) >= 11 is 0. The van der Waals surface area contributed by atoms with E-state index in [4.69, 9.17) is 0 Å². The third-order valence-corrected chi connectivity index (χ3v) is 12.0. The van der Waals surface area contributed by atoms with E-state index in [9.17, 15) is 0 Å². The second-order valence-electron chi connectivity index (χ2n) is 15.4. The van der Waals surface area contributed by atoms with Gasteiger partial charge in [0.2, 0.25) is 0 Å². The van der Waals surface area contributed by atoms with Gasteiger partial charge in [-0.15, -0.1) is 0 Å². The Labute approximate surface area is 314 Å². The highest BCUT2D eigenvalue weighted by Crippen LogP contribution is 2.57. The largest absolute Gasteiger partial charge is 0.345 e. The summed E-state index contributed by atoms with van der Waals surface area (Å²) in [6.45, 7) is 6.86. The van der Waals surface area contributed by atoms with Gasteiger partial charge in [0.1, 0.15) is 0 Å². The van der Waals surface area contributed by atoms with Gasteiger partial charge in [-0.2, -0.15) is 0 Å². The predicted octanol–water partition coefficient (Wildman–Crippen LogP) is 14.9. The molecule has 52 heavy (non-hydrogen) atoms. The summed E-state index contributed by atoms with van der Waals surface area (Å²) in [5.41, 5.74) is 18.3. The van der Waals surface area contributed by atoms with Gasteiger partial charge in [0, 0.05) is 23.8 Å². The van der Waals surface area contributed by atoms with Crippen LogP contribution < -0.4 is 4.90 Å². The van der Waals surface area contributed by atoms with Crippen LogP contribution in [0.1, 0.15) is 113 Å². The van der Waals surface area contributed by atoms with Gasteiger partial charge in [-0.25, -0.2) is 0 Å². The fourth-order valence-electron chi connectivity index (χ4n) is 8.86. The normalized spacial score (nSPS) is 14.6. The maximum Gasteiger partial charge on any atom is 0.0408 e. The van der Waals surface area contributed by atoms with E-state index in [-0.39, 0.29) is 5.41 Å². The Morgan fingerprint density at radius 2 is 1.08 bits per heavy atom. The average molecular weight is 684 g/mol. The minimum absolute atomic E-state index is 0.0879. The Kier molecular flexibility index (Phi) is 11.3. The molecule has 0 aliphatic heterocycles. The average Bonchev–Trinajstić information content (AvgIpc) is 3.46. The van der Waals surface area contributed by atoms with Crippen molar-refractivity contribution < 1.29 is 0 Å². The molecule has 0 N–H and O–H groups in total. The SMILES string of the molecule is CCCCCCC1(CCCCCC)C2=C(CCC(c3ccc(C)cc3)=C2)c2ccc(-c3ccc(N(C)c4ccc(-c5ccccc5)cc4)cc3)cc21. The minimum Gasteiger partial charge on any atom is -0.345 e. The molecule has 5 aromatic carbocycles. The van der Waals surface area contributed by atoms with Crippen molar-refractivity contribution in [2.75, 3.05) is 11.9 Å². The number of rotatable bonds is 15. The van der Waals surface area contributed by atoms with Crippen molar-refractivity contribution in [3.05, 3.63) is 155 Å².